The van der Waals surface area contributed by atoms with Gasteiger partial charge in [-0.2, -0.15) is 0 Å². The first-order valence-corrected chi connectivity index (χ1v) is 7.85. The lowest BCUT2D eigenvalue weighted by Crippen LogP contribution is -2.55. The lowest BCUT2D eigenvalue weighted by Gasteiger charge is -2.39. The Morgan fingerprint density at radius 1 is 1.29 bits per heavy atom. The molecule has 7 heteroatoms. The van der Waals surface area contributed by atoms with Crippen molar-refractivity contribution in [3.05, 3.63) is 29.6 Å². The first-order valence-electron chi connectivity index (χ1n) is 7.85. The number of amides is 2. The van der Waals surface area contributed by atoms with Crippen LogP contribution in [0.2, 0.25) is 0 Å². The molecule has 1 aliphatic carbocycles. The molecule has 0 radical (unpaired) electrons. The molecule has 0 spiro atoms. The molecule has 2 amide bonds. The van der Waals surface area contributed by atoms with Gasteiger partial charge in [0.15, 0.2) is 0 Å². The van der Waals surface area contributed by atoms with Crippen LogP contribution < -0.4 is 10.6 Å². The van der Waals surface area contributed by atoms with Crippen LogP contribution in [0.15, 0.2) is 18.2 Å². The molecule has 0 aliphatic heterocycles. The molecular formula is C17H21FN2O4. The molecule has 2 unspecified atom stereocenters. The monoisotopic (exact) mass is 336 g/mol. The summed E-state index contributed by atoms with van der Waals surface area (Å²) in [5, 5.41) is 14.5. The molecule has 6 nitrogen and oxygen atoms in total. The van der Waals surface area contributed by atoms with Crippen LogP contribution in [-0.2, 0) is 9.59 Å². The maximum atomic E-state index is 13.7. The average Bonchev–Trinajstić information content (AvgIpc) is 2.48. The van der Waals surface area contributed by atoms with E-state index in [0.717, 1.165) is 18.9 Å². The number of anilines is 1. The Hall–Kier alpha value is -2.44. The second-order valence-electron chi connectivity index (χ2n) is 6.38. The van der Waals surface area contributed by atoms with E-state index in [4.69, 9.17) is 0 Å². The summed E-state index contributed by atoms with van der Waals surface area (Å²) in [6.07, 6.45) is 2.72. The minimum absolute atomic E-state index is 0.0845. The number of carbonyl (C=O) groups is 3. The van der Waals surface area contributed by atoms with Crippen LogP contribution in [0.1, 0.15) is 49.9 Å². The molecule has 1 aromatic rings. The topological polar surface area (TPSA) is 95.5 Å². The predicted molar refractivity (Wildman–Crippen MR) is 86.2 cm³/mol. The maximum absolute atomic E-state index is 13.7. The Morgan fingerprint density at radius 3 is 2.62 bits per heavy atom. The highest BCUT2D eigenvalue weighted by Gasteiger charge is 2.42. The van der Waals surface area contributed by atoms with Gasteiger partial charge in [0.2, 0.25) is 5.91 Å². The smallest absolute Gasteiger partial charge is 0.308 e. The van der Waals surface area contributed by atoms with Crippen molar-refractivity contribution in [1.29, 1.82) is 0 Å². The van der Waals surface area contributed by atoms with Gasteiger partial charge in [-0.25, -0.2) is 4.39 Å². The van der Waals surface area contributed by atoms with Gasteiger partial charge in [-0.3, -0.25) is 14.4 Å². The molecule has 0 saturated heterocycles. The van der Waals surface area contributed by atoms with Gasteiger partial charge in [0, 0.05) is 12.5 Å². The number of aliphatic carboxylic acids is 1. The number of nitrogens with one attached hydrogen (secondary N) is 2. The van der Waals surface area contributed by atoms with Crippen molar-refractivity contribution in [1.82, 2.24) is 5.32 Å². The first-order chi connectivity index (χ1) is 11.2. The Bertz CT molecular complexity index is 677. The highest BCUT2D eigenvalue weighted by molar-refractivity contribution is 5.97. The van der Waals surface area contributed by atoms with E-state index in [2.05, 4.69) is 10.6 Å². The lowest BCUT2D eigenvalue weighted by atomic mass is 9.73. The fourth-order valence-electron chi connectivity index (χ4n) is 3.16. The molecule has 1 saturated carbocycles. The molecule has 0 bridgehead atoms. The van der Waals surface area contributed by atoms with Crippen LogP contribution in [0, 0.1) is 11.7 Å². The van der Waals surface area contributed by atoms with E-state index in [1.165, 1.54) is 19.1 Å². The number of rotatable bonds is 4. The van der Waals surface area contributed by atoms with E-state index < -0.39 is 35.1 Å². The highest BCUT2D eigenvalue weighted by atomic mass is 19.1. The van der Waals surface area contributed by atoms with Crippen molar-refractivity contribution in [2.24, 2.45) is 5.92 Å². The van der Waals surface area contributed by atoms with E-state index in [1.54, 1.807) is 6.92 Å². The molecule has 2 rings (SSSR count). The third-order valence-corrected chi connectivity index (χ3v) is 4.44. The van der Waals surface area contributed by atoms with Crippen molar-refractivity contribution in [2.75, 3.05) is 5.32 Å². The molecular weight excluding hydrogens is 315 g/mol. The fraction of sp³-hybridized carbons (Fsp3) is 0.471. The van der Waals surface area contributed by atoms with Crippen molar-refractivity contribution in [3.8, 4) is 0 Å². The Balaban J connectivity index is 2.22. The van der Waals surface area contributed by atoms with Gasteiger partial charge in [0.25, 0.3) is 5.91 Å². The van der Waals surface area contributed by atoms with Crippen molar-refractivity contribution in [2.45, 2.75) is 45.1 Å². The van der Waals surface area contributed by atoms with Gasteiger partial charge in [-0.05, 0) is 38.0 Å². The number of halogens is 1. The summed E-state index contributed by atoms with van der Waals surface area (Å²) in [5.41, 5.74) is -0.779. The predicted octanol–water partition coefficient (Wildman–Crippen LogP) is 2.55. The van der Waals surface area contributed by atoms with E-state index >= 15 is 0 Å². The number of carbonyl (C=O) groups excluding carboxylic acids is 2. The van der Waals surface area contributed by atoms with E-state index in [0.29, 0.717) is 12.8 Å². The standard InChI is InChI=1S/C17H21FN2O4/c1-10(21)19-14-9-11(6-7-13(14)18)15(22)20-17(2)8-4-3-5-12(17)16(23)24/h6-7,9,12H,3-5,8H2,1-2H3,(H,19,21)(H,20,22)(H,23,24). The largest absolute Gasteiger partial charge is 0.481 e. The Labute approximate surface area is 139 Å². The number of carboxylic acids is 1. The van der Waals surface area contributed by atoms with Gasteiger partial charge in [-0.15, -0.1) is 0 Å². The fourth-order valence-corrected chi connectivity index (χ4v) is 3.16. The number of hydrogen-bond acceptors (Lipinski definition) is 3. The number of hydrogen-bond donors (Lipinski definition) is 3. The second-order valence-corrected chi connectivity index (χ2v) is 6.38. The molecule has 1 aliphatic rings. The molecule has 0 heterocycles. The van der Waals surface area contributed by atoms with Gasteiger partial charge < -0.3 is 15.7 Å². The third-order valence-electron chi connectivity index (χ3n) is 4.44. The molecule has 3 N–H and O–H groups in total. The summed E-state index contributed by atoms with van der Waals surface area (Å²) in [6, 6.07) is 3.64. The normalized spacial score (nSPS) is 23.4. The van der Waals surface area contributed by atoms with Crippen LogP contribution in [0.25, 0.3) is 0 Å². The van der Waals surface area contributed by atoms with E-state index in [1.807, 2.05) is 0 Å². The summed E-state index contributed by atoms with van der Waals surface area (Å²) >= 11 is 0. The maximum Gasteiger partial charge on any atom is 0.308 e. The molecule has 2 atom stereocenters. The van der Waals surface area contributed by atoms with Crippen LogP contribution in [-0.4, -0.2) is 28.4 Å². The van der Waals surface area contributed by atoms with Crippen LogP contribution in [0.5, 0.6) is 0 Å². The lowest BCUT2D eigenvalue weighted by molar-refractivity contribution is -0.145. The zero-order valence-corrected chi connectivity index (χ0v) is 13.7. The van der Waals surface area contributed by atoms with Gasteiger partial charge in [-0.1, -0.05) is 12.8 Å². The van der Waals surface area contributed by atoms with Crippen molar-refractivity contribution >= 4 is 23.5 Å². The summed E-state index contributed by atoms with van der Waals surface area (Å²) in [7, 11) is 0. The minimum Gasteiger partial charge on any atom is -0.481 e. The van der Waals surface area contributed by atoms with Crippen molar-refractivity contribution < 1.29 is 23.9 Å². The third kappa shape index (κ3) is 3.90. The first kappa shape index (κ1) is 17.9. The molecule has 1 aromatic carbocycles. The quantitative estimate of drug-likeness (QED) is 0.787. The molecule has 130 valence electrons. The van der Waals surface area contributed by atoms with E-state index in [9.17, 15) is 23.9 Å². The molecule has 0 aromatic heterocycles. The summed E-state index contributed by atoms with van der Waals surface area (Å²) in [6.45, 7) is 2.97. The van der Waals surface area contributed by atoms with Crippen LogP contribution >= 0.6 is 0 Å². The van der Waals surface area contributed by atoms with Crippen LogP contribution in [0.3, 0.4) is 0 Å². The van der Waals surface area contributed by atoms with Gasteiger partial charge in [0.1, 0.15) is 5.82 Å². The van der Waals surface area contributed by atoms with E-state index in [-0.39, 0.29) is 11.3 Å². The number of benzene rings is 1. The average molecular weight is 336 g/mol. The van der Waals surface area contributed by atoms with Crippen molar-refractivity contribution in [3.63, 3.8) is 0 Å². The minimum atomic E-state index is -0.935. The van der Waals surface area contributed by atoms with Gasteiger partial charge in [0.05, 0.1) is 17.1 Å². The Morgan fingerprint density at radius 2 is 2.00 bits per heavy atom. The van der Waals surface area contributed by atoms with Crippen LogP contribution in [0.4, 0.5) is 10.1 Å². The summed E-state index contributed by atoms with van der Waals surface area (Å²) in [4.78, 5) is 35.0. The molecule has 24 heavy (non-hydrogen) atoms. The molecule has 1 fully saturated rings. The van der Waals surface area contributed by atoms with Gasteiger partial charge >= 0.3 is 5.97 Å². The highest BCUT2D eigenvalue weighted by Crippen LogP contribution is 2.34. The number of carboxylic acid groups (broad SMARTS) is 1. The zero-order chi connectivity index (χ0) is 17.9. The Kier molecular flexibility index (Phi) is 5.21. The summed E-state index contributed by atoms with van der Waals surface area (Å²) < 4.78 is 13.7. The second kappa shape index (κ2) is 6.98. The zero-order valence-electron chi connectivity index (χ0n) is 13.7. The summed E-state index contributed by atoms with van der Waals surface area (Å²) in [5.74, 6) is -3.18. The SMILES string of the molecule is CC(=O)Nc1cc(C(=O)NC2(C)CCCCC2C(=O)O)ccc1F.